The fourth-order valence-corrected chi connectivity index (χ4v) is 3.16. The number of hydrogen-bond acceptors (Lipinski definition) is 0. The Labute approximate surface area is 99.5 Å². The van der Waals surface area contributed by atoms with Crippen LogP contribution in [0.3, 0.4) is 0 Å². The summed E-state index contributed by atoms with van der Waals surface area (Å²) >= 11 is 0. The van der Waals surface area contributed by atoms with E-state index < -0.39 is 0 Å². The van der Waals surface area contributed by atoms with Gasteiger partial charge in [-0.25, -0.2) is 0 Å². The standard InChI is InChI=1S/C15H17P/c1-3-13-9-5-7-11-15(13)16-14-10-6-4-8-12(14)2/h4-11,16H,3H2,1-2H3. The van der Waals surface area contributed by atoms with Crippen LogP contribution in [0.2, 0.25) is 0 Å². The van der Waals surface area contributed by atoms with Crippen molar-refractivity contribution in [2.24, 2.45) is 0 Å². The van der Waals surface area contributed by atoms with Crippen LogP contribution in [-0.2, 0) is 6.42 Å². The predicted octanol–water partition coefficient (Wildman–Crippen LogP) is 3.19. The molecule has 0 N–H and O–H groups in total. The number of aryl methyl sites for hydroxylation is 2. The second-order valence-electron chi connectivity index (χ2n) is 3.95. The first-order valence-corrected chi connectivity index (χ1v) is 6.72. The minimum atomic E-state index is 0.781. The maximum Gasteiger partial charge on any atom is -0.0194 e. The molecule has 0 nitrogen and oxygen atoms in total. The molecule has 0 spiro atoms. The maximum atomic E-state index is 2.25. The van der Waals surface area contributed by atoms with Crippen molar-refractivity contribution < 1.29 is 0 Å². The second kappa shape index (κ2) is 5.27. The van der Waals surface area contributed by atoms with Crippen LogP contribution in [0.15, 0.2) is 48.5 Å². The highest BCUT2D eigenvalue weighted by Crippen LogP contribution is 2.16. The molecular weight excluding hydrogens is 211 g/mol. The van der Waals surface area contributed by atoms with Gasteiger partial charge in [0.15, 0.2) is 0 Å². The first kappa shape index (κ1) is 11.4. The Kier molecular flexibility index (Phi) is 3.74. The molecule has 0 radical (unpaired) electrons. The summed E-state index contributed by atoms with van der Waals surface area (Å²) in [6, 6.07) is 17.4. The Balaban J connectivity index is 2.30. The van der Waals surface area contributed by atoms with Crippen molar-refractivity contribution in [1.29, 1.82) is 0 Å². The van der Waals surface area contributed by atoms with Crippen LogP contribution in [-0.4, -0.2) is 0 Å². The monoisotopic (exact) mass is 228 g/mol. The van der Waals surface area contributed by atoms with E-state index in [9.17, 15) is 0 Å². The molecule has 2 rings (SSSR count). The van der Waals surface area contributed by atoms with Crippen LogP contribution in [0.25, 0.3) is 0 Å². The summed E-state index contributed by atoms with van der Waals surface area (Å²) in [5.41, 5.74) is 2.87. The molecule has 0 aromatic heterocycles. The van der Waals surface area contributed by atoms with E-state index in [0.717, 1.165) is 15.0 Å². The third-order valence-electron chi connectivity index (χ3n) is 2.81. The molecule has 0 aliphatic rings. The van der Waals surface area contributed by atoms with Gasteiger partial charge in [-0.3, -0.25) is 0 Å². The quantitative estimate of drug-likeness (QED) is 0.708. The molecule has 2 aromatic rings. The lowest BCUT2D eigenvalue weighted by atomic mass is 10.2. The number of benzene rings is 2. The van der Waals surface area contributed by atoms with E-state index in [1.807, 2.05) is 0 Å². The third-order valence-corrected chi connectivity index (χ3v) is 4.40. The summed E-state index contributed by atoms with van der Waals surface area (Å²) in [5, 5.41) is 2.95. The van der Waals surface area contributed by atoms with Gasteiger partial charge in [-0.2, -0.15) is 0 Å². The van der Waals surface area contributed by atoms with Gasteiger partial charge in [0.25, 0.3) is 0 Å². The maximum absolute atomic E-state index is 2.25. The van der Waals surface area contributed by atoms with E-state index in [4.69, 9.17) is 0 Å². The summed E-state index contributed by atoms with van der Waals surface area (Å²) in [4.78, 5) is 0. The molecule has 2 aromatic carbocycles. The molecule has 0 aliphatic heterocycles. The van der Waals surface area contributed by atoms with Crippen molar-refractivity contribution in [2.75, 3.05) is 0 Å². The minimum absolute atomic E-state index is 0.781. The fourth-order valence-electron chi connectivity index (χ4n) is 1.81. The van der Waals surface area contributed by atoms with Gasteiger partial charge >= 0.3 is 0 Å². The number of rotatable bonds is 3. The molecular formula is C15H17P. The summed E-state index contributed by atoms with van der Waals surface area (Å²) in [6.45, 7) is 4.41. The van der Waals surface area contributed by atoms with Crippen LogP contribution in [0.4, 0.5) is 0 Å². The van der Waals surface area contributed by atoms with Gasteiger partial charge in [0.1, 0.15) is 0 Å². The topological polar surface area (TPSA) is 0 Å². The SMILES string of the molecule is CCc1ccccc1Pc1ccccc1C. The average Bonchev–Trinajstić information content (AvgIpc) is 2.33. The number of hydrogen-bond donors (Lipinski definition) is 0. The van der Waals surface area contributed by atoms with E-state index in [-0.39, 0.29) is 0 Å². The van der Waals surface area contributed by atoms with E-state index in [0.29, 0.717) is 0 Å². The molecule has 0 bridgehead atoms. The first-order chi connectivity index (χ1) is 7.81. The van der Waals surface area contributed by atoms with Gasteiger partial charge in [-0.05, 0) is 35.1 Å². The first-order valence-electron chi connectivity index (χ1n) is 5.72. The Hall–Kier alpha value is -1.13. The highest BCUT2D eigenvalue weighted by molar-refractivity contribution is 7.55. The predicted molar refractivity (Wildman–Crippen MR) is 74.6 cm³/mol. The van der Waals surface area contributed by atoms with E-state index in [1.165, 1.54) is 21.7 Å². The van der Waals surface area contributed by atoms with Crippen LogP contribution < -0.4 is 10.6 Å². The van der Waals surface area contributed by atoms with Crippen molar-refractivity contribution in [2.45, 2.75) is 20.3 Å². The minimum Gasteiger partial charge on any atom is -0.0620 e. The molecule has 1 unspecified atom stereocenters. The normalized spacial score (nSPS) is 11.1. The molecule has 1 heteroatoms. The summed E-state index contributed by atoms with van der Waals surface area (Å²) in [5.74, 6) is 0. The summed E-state index contributed by atoms with van der Waals surface area (Å²) in [7, 11) is 0.781. The lowest BCUT2D eigenvalue weighted by Gasteiger charge is -2.09. The Morgan fingerprint density at radius 2 is 1.50 bits per heavy atom. The van der Waals surface area contributed by atoms with Gasteiger partial charge < -0.3 is 0 Å². The summed E-state index contributed by atoms with van der Waals surface area (Å²) in [6.07, 6.45) is 1.12. The fraction of sp³-hybridized carbons (Fsp3) is 0.200. The molecule has 0 amide bonds. The summed E-state index contributed by atoms with van der Waals surface area (Å²) < 4.78 is 0. The second-order valence-corrected chi connectivity index (χ2v) is 5.28. The van der Waals surface area contributed by atoms with Gasteiger partial charge in [-0.15, -0.1) is 0 Å². The molecule has 16 heavy (non-hydrogen) atoms. The molecule has 0 aliphatic carbocycles. The van der Waals surface area contributed by atoms with Gasteiger partial charge in [-0.1, -0.05) is 64.0 Å². The van der Waals surface area contributed by atoms with E-state index in [1.54, 1.807) is 0 Å². The van der Waals surface area contributed by atoms with Crippen molar-refractivity contribution in [3.05, 3.63) is 59.7 Å². The zero-order chi connectivity index (χ0) is 11.4. The average molecular weight is 228 g/mol. The van der Waals surface area contributed by atoms with E-state index in [2.05, 4.69) is 62.4 Å². The van der Waals surface area contributed by atoms with Gasteiger partial charge in [0.2, 0.25) is 0 Å². The zero-order valence-corrected chi connectivity index (χ0v) is 10.8. The Morgan fingerprint density at radius 1 is 0.875 bits per heavy atom. The molecule has 0 saturated carbocycles. The third kappa shape index (κ3) is 2.51. The van der Waals surface area contributed by atoms with Crippen LogP contribution in [0, 0.1) is 6.92 Å². The molecule has 0 heterocycles. The van der Waals surface area contributed by atoms with Crippen molar-refractivity contribution >= 4 is 19.2 Å². The Morgan fingerprint density at radius 3 is 2.19 bits per heavy atom. The van der Waals surface area contributed by atoms with Crippen LogP contribution in [0.1, 0.15) is 18.1 Å². The van der Waals surface area contributed by atoms with Crippen molar-refractivity contribution in [3.8, 4) is 0 Å². The lowest BCUT2D eigenvalue weighted by molar-refractivity contribution is 1.15. The van der Waals surface area contributed by atoms with Crippen molar-refractivity contribution in [1.82, 2.24) is 0 Å². The molecule has 0 fully saturated rings. The van der Waals surface area contributed by atoms with E-state index >= 15 is 0 Å². The van der Waals surface area contributed by atoms with Crippen LogP contribution in [0.5, 0.6) is 0 Å². The molecule has 82 valence electrons. The smallest absolute Gasteiger partial charge is 0.0194 e. The van der Waals surface area contributed by atoms with Crippen LogP contribution >= 0.6 is 8.58 Å². The molecule has 1 atom stereocenters. The van der Waals surface area contributed by atoms with Gasteiger partial charge in [0.05, 0.1) is 0 Å². The zero-order valence-electron chi connectivity index (χ0n) is 9.83. The van der Waals surface area contributed by atoms with Gasteiger partial charge in [0, 0.05) is 0 Å². The molecule has 0 saturated heterocycles. The Bertz CT molecular complexity index is 474. The highest BCUT2D eigenvalue weighted by Gasteiger charge is 2.02. The highest BCUT2D eigenvalue weighted by atomic mass is 31.1. The largest absolute Gasteiger partial charge is 0.0620 e. The van der Waals surface area contributed by atoms with Crippen molar-refractivity contribution in [3.63, 3.8) is 0 Å². The lowest BCUT2D eigenvalue weighted by Crippen LogP contribution is -2.10.